The van der Waals surface area contributed by atoms with Gasteiger partial charge in [-0.25, -0.2) is 0 Å². The van der Waals surface area contributed by atoms with Gasteiger partial charge in [0.15, 0.2) is 0 Å². The summed E-state index contributed by atoms with van der Waals surface area (Å²) in [6.07, 6.45) is 2.83. The van der Waals surface area contributed by atoms with Gasteiger partial charge >= 0.3 is 0 Å². The lowest BCUT2D eigenvalue weighted by Crippen LogP contribution is -1.91. The van der Waals surface area contributed by atoms with Crippen molar-refractivity contribution in [3.05, 3.63) is 46.5 Å². The molecular formula is C13H11Br2Cl. The van der Waals surface area contributed by atoms with Crippen LogP contribution in [0.25, 0.3) is 0 Å². The molecule has 16 heavy (non-hydrogen) atoms. The fraction of sp³-hybridized carbons (Fsp3) is 0.231. The van der Waals surface area contributed by atoms with E-state index in [4.69, 9.17) is 11.6 Å². The molecule has 0 bridgehead atoms. The molecule has 0 spiro atoms. The van der Waals surface area contributed by atoms with E-state index in [0.717, 1.165) is 16.8 Å². The summed E-state index contributed by atoms with van der Waals surface area (Å²) in [4.78, 5) is 0. The molecule has 0 aromatic heterocycles. The number of hydrogen-bond donors (Lipinski definition) is 0. The molecule has 0 radical (unpaired) electrons. The summed E-state index contributed by atoms with van der Waals surface area (Å²) in [7, 11) is 0. The number of allylic oxidation sites excluding steroid dienone is 2. The third kappa shape index (κ3) is 5.21. The van der Waals surface area contributed by atoms with Crippen molar-refractivity contribution in [1.29, 1.82) is 0 Å². The first-order chi connectivity index (χ1) is 7.76. The first kappa shape index (κ1) is 13.8. The highest BCUT2D eigenvalue weighted by atomic mass is 79.9. The minimum Gasteiger partial charge on any atom is -0.0879 e. The van der Waals surface area contributed by atoms with E-state index in [0.29, 0.717) is 5.33 Å². The maximum atomic E-state index is 5.93. The van der Waals surface area contributed by atoms with Crippen molar-refractivity contribution in [2.24, 2.45) is 0 Å². The highest BCUT2D eigenvalue weighted by Crippen LogP contribution is 2.15. The second-order valence-electron chi connectivity index (χ2n) is 3.20. The van der Waals surface area contributed by atoms with E-state index in [1.165, 1.54) is 11.1 Å². The second-order valence-corrected chi connectivity index (χ2v) is 4.76. The summed E-state index contributed by atoms with van der Waals surface area (Å²) in [5.41, 5.74) is 2.45. The van der Waals surface area contributed by atoms with Crippen LogP contribution < -0.4 is 0 Å². The first-order valence-corrected chi connectivity index (χ1v) is 7.41. The average Bonchev–Trinajstić information content (AvgIpc) is 2.28. The van der Waals surface area contributed by atoms with Crippen LogP contribution in [0.15, 0.2) is 35.9 Å². The minimum atomic E-state index is 0.705. The number of rotatable bonds is 3. The Morgan fingerprint density at radius 2 is 2.19 bits per heavy atom. The normalized spacial score (nSPS) is 10.8. The molecule has 1 aromatic carbocycles. The van der Waals surface area contributed by atoms with Crippen LogP contribution in [0.3, 0.4) is 0 Å². The zero-order chi connectivity index (χ0) is 11.8. The molecule has 0 aliphatic heterocycles. The summed E-state index contributed by atoms with van der Waals surface area (Å²) in [5, 5.41) is 2.31. The number of hydrogen-bond acceptors (Lipinski definition) is 0. The van der Waals surface area contributed by atoms with Gasteiger partial charge < -0.3 is 0 Å². The predicted octanol–water partition coefficient (Wildman–Crippen LogP) is 4.60. The summed E-state index contributed by atoms with van der Waals surface area (Å²) < 4.78 is 0. The van der Waals surface area contributed by atoms with Gasteiger partial charge in [0.1, 0.15) is 0 Å². The average molecular weight is 362 g/mol. The van der Waals surface area contributed by atoms with Crippen molar-refractivity contribution in [2.75, 3.05) is 10.7 Å². The van der Waals surface area contributed by atoms with Crippen molar-refractivity contribution in [2.45, 2.75) is 6.42 Å². The highest BCUT2D eigenvalue weighted by Gasteiger charge is 1.98. The zero-order valence-corrected chi connectivity index (χ0v) is 12.6. The number of benzene rings is 1. The van der Waals surface area contributed by atoms with Crippen molar-refractivity contribution in [3.8, 4) is 11.8 Å². The molecule has 1 rings (SSSR count). The first-order valence-electron chi connectivity index (χ1n) is 4.79. The largest absolute Gasteiger partial charge is 0.0879 e. The Bertz CT molecular complexity index is 427. The van der Waals surface area contributed by atoms with E-state index in [9.17, 15) is 0 Å². The summed E-state index contributed by atoms with van der Waals surface area (Å²) in [6.45, 7) is 0. The Morgan fingerprint density at radius 1 is 1.38 bits per heavy atom. The Hall–Kier alpha value is -0.230. The lowest BCUT2D eigenvalue weighted by atomic mass is 10.1. The molecule has 0 fully saturated rings. The van der Waals surface area contributed by atoms with Crippen molar-refractivity contribution in [3.63, 3.8) is 0 Å². The van der Waals surface area contributed by atoms with Gasteiger partial charge in [0.25, 0.3) is 0 Å². The van der Waals surface area contributed by atoms with Gasteiger partial charge in [-0.3, -0.25) is 0 Å². The van der Waals surface area contributed by atoms with Gasteiger partial charge in [-0.2, -0.15) is 0 Å². The van der Waals surface area contributed by atoms with Crippen LogP contribution >= 0.6 is 43.5 Å². The standard InChI is InChI=1S/C13H11Br2Cl/c14-7-2-1-4-12(10-15)8-11-5-3-6-13(16)9-11/h3-6,9H,7-8,10H2/b12-4+. The Labute approximate surface area is 118 Å². The second kappa shape index (κ2) is 7.95. The number of alkyl halides is 2. The fourth-order valence-corrected chi connectivity index (χ4v) is 1.97. The highest BCUT2D eigenvalue weighted by molar-refractivity contribution is 9.09. The smallest absolute Gasteiger partial charge is 0.0649 e. The van der Waals surface area contributed by atoms with Crippen LogP contribution in [0.2, 0.25) is 5.02 Å². The van der Waals surface area contributed by atoms with Gasteiger partial charge in [0.2, 0.25) is 0 Å². The Morgan fingerprint density at radius 3 is 2.81 bits per heavy atom. The molecular weight excluding hydrogens is 351 g/mol. The molecule has 0 amide bonds. The van der Waals surface area contributed by atoms with Crippen LogP contribution in [0, 0.1) is 11.8 Å². The third-order valence-corrected chi connectivity index (χ3v) is 3.17. The minimum absolute atomic E-state index is 0.705. The summed E-state index contributed by atoms with van der Waals surface area (Å²) in [6, 6.07) is 7.90. The van der Waals surface area contributed by atoms with E-state index in [1.54, 1.807) is 0 Å². The SMILES string of the molecule is Clc1cccc(C/C(=C\C#CCBr)CBr)c1. The lowest BCUT2D eigenvalue weighted by Gasteiger charge is -2.03. The van der Waals surface area contributed by atoms with E-state index in [-0.39, 0.29) is 0 Å². The maximum absolute atomic E-state index is 5.93. The summed E-state index contributed by atoms with van der Waals surface area (Å²) >= 11 is 12.7. The fourth-order valence-electron chi connectivity index (χ4n) is 1.24. The van der Waals surface area contributed by atoms with Gasteiger partial charge in [0.05, 0.1) is 5.33 Å². The van der Waals surface area contributed by atoms with E-state index in [2.05, 4.69) is 49.8 Å². The molecule has 0 atom stereocenters. The molecule has 0 aliphatic carbocycles. The molecule has 1 aromatic rings. The topological polar surface area (TPSA) is 0 Å². The van der Waals surface area contributed by atoms with Crippen LogP contribution in [0.1, 0.15) is 5.56 Å². The van der Waals surface area contributed by atoms with Crippen LogP contribution in [-0.4, -0.2) is 10.7 Å². The van der Waals surface area contributed by atoms with Crippen molar-refractivity contribution < 1.29 is 0 Å². The summed E-state index contributed by atoms with van der Waals surface area (Å²) in [5.74, 6) is 5.95. The molecule has 0 aliphatic rings. The van der Waals surface area contributed by atoms with Crippen LogP contribution in [-0.2, 0) is 6.42 Å². The molecule has 84 valence electrons. The number of halogens is 3. The Kier molecular flexibility index (Phi) is 6.87. The van der Waals surface area contributed by atoms with E-state index >= 15 is 0 Å². The van der Waals surface area contributed by atoms with Gasteiger partial charge in [-0.05, 0) is 35.8 Å². The van der Waals surface area contributed by atoms with Gasteiger partial charge in [-0.15, -0.1) is 0 Å². The molecule has 0 heterocycles. The molecule has 3 heteroatoms. The van der Waals surface area contributed by atoms with Crippen molar-refractivity contribution in [1.82, 2.24) is 0 Å². The van der Waals surface area contributed by atoms with Crippen molar-refractivity contribution >= 4 is 43.5 Å². The van der Waals surface area contributed by atoms with Crippen LogP contribution in [0.5, 0.6) is 0 Å². The lowest BCUT2D eigenvalue weighted by molar-refractivity contribution is 1.16. The molecule has 0 N–H and O–H groups in total. The van der Waals surface area contributed by atoms with Gasteiger partial charge in [0, 0.05) is 10.4 Å². The zero-order valence-electron chi connectivity index (χ0n) is 8.64. The molecule has 0 unspecified atom stereocenters. The predicted molar refractivity (Wildman–Crippen MR) is 78.6 cm³/mol. The maximum Gasteiger partial charge on any atom is 0.0649 e. The molecule has 0 nitrogen and oxygen atoms in total. The van der Waals surface area contributed by atoms with Gasteiger partial charge in [-0.1, -0.05) is 67.4 Å². The van der Waals surface area contributed by atoms with E-state index in [1.807, 2.05) is 24.3 Å². The molecule has 0 saturated heterocycles. The van der Waals surface area contributed by atoms with Crippen LogP contribution in [0.4, 0.5) is 0 Å². The van der Waals surface area contributed by atoms with E-state index < -0.39 is 0 Å². The monoisotopic (exact) mass is 360 g/mol. The Balaban J connectivity index is 2.74. The third-order valence-electron chi connectivity index (χ3n) is 1.94. The molecule has 0 saturated carbocycles. The quantitative estimate of drug-likeness (QED) is 0.544.